The quantitative estimate of drug-likeness (QED) is 0.193. The number of benzene rings is 1. The molecule has 0 bridgehead atoms. The summed E-state index contributed by atoms with van der Waals surface area (Å²) in [4.78, 5) is 9.76. The summed E-state index contributed by atoms with van der Waals surface area (Å²) < 4.78 is 15.8. The molecule has 12 heteroatoms. The zero-order chi connectivity index (χ0) is 21.3. The molecule has 2 fully saturated rings. The van der Waals surface area contributed by atoms with Crippen LogP contribution >= 0.6 is 0 Å². The number of phenols is 1. The van der Waals surface area contributed by atoms with Gasteiger partial charge in [-0.1, -0.05) is 12.1 Å². The molecule has 0 aliphatic carbocycles. The molecule has 7 N–H and O–H groups in total. The van der Waals surface area contributed by atoms with E-state index in [-0.39, 0.29) is 11.5 Å². The van der Waals surface area contributed by atoms with Crippen molar-refractivity contribution in [2.45, 2.75) is 68.5 Å². The van der Waals surface area contributed by atoms with Crippen LogP contribution in [0.2, 0.25) is 0 Å². The fourth-order valence-corrected chi connectivity index (χ4v) is 2.88. The van der Waals surface area contributed by atoms with E-state index >= 15 is 0 Å². The maximum absolute atomic E-state index is 10.1. The average Bonchev–Trinajstić information content (AvgIpc) is 2.70. The van der Waals surface area contributed by atoms with E-state index in [1.54, 1.807) is 12.1 Å². The van der Waals surface area contributed by atoms with E-state index in [0.29, 0.717) is 0 Å². The molecule has 2 heterocycles. The second-order valence-electron chi connectivity index (χ2n) is 6.80. The lowest BCUT2D eigenvalue weighted by Crippen LogP contribution is -2.61. The zero-order valence-electron chi connectivity index (χ0n) is 15.3. The van der Waals surface area contributed by atoms with Crippen LogP contribution in [0, 0.1) is 0 Å². The van der Waals surface area contributed by atoms with Crippen molar-refractivity contribution in [3.05, 3.63) is 24.3 Å². The highest BCUT2D eigenvalue weighted by Gasteiger charge is 2.48. The van der Waals surface area contributed by atoms with Gasteiger partial charge in [0.15, 0.2) is 11.5 Å². The third-order valence-corrected chi connectivity index (χ3v) is 4.69. The second kappa shape index (κ2) is 9.06. The summed E-state index contributed by atoms with van der Waals surface area (Å²) in [7, 11) is 0. The maximum atomic E-state index is 10.1. The Morgan fingerprint density at radius 1 is 0.690 bits per heavy atom. The Hall–Kier alpha value is -1.58. The molecule has 0 radical (unpaired) electrons. The van der Waals surface area contributed by atoms with Gasteiger partial charge in [0.1, 0.15) is 36.6 Å². The van der Waals surface area contributed by atoms with Gasteiger partial charge < -0.3 is 50.0 Å². The number of para-hydroxylation sites is 2. The zero-order valence-corrected chi connectivity index (χ0v) is 15.3. The van der Waals surface area contributed by atoms with Gasteiger partial charge in [-0.3, -0.25) is 0 Å². The Bertz CT molecular complexity index is 674. The lowest BCUT2D eigenvalue weighted by atomic mass is 10.0. The number of ether oxygens (including phenoxy) is 3. The van der Waals surface area contributed by atoms with E-state index in [4.69, 9.17) is 24.0 Å². The summed E-state index contributed by atoms with van der Waals surface area (Å²) in [5.74, 6) is -0.310. The molecule has 0 spiro atoms. The standard InChI is InChI=1S/C17H24O12/c1-6-9(19)10(20)13(23)16(25-6)28-29-17-14(24)11(21)12(22)15(27-17)26-8-5-3-2-4-7(8)18/h2-6,9-24H,1H3/t6-,9-,10+,11-,12-,13+,14+,15-,16-,17-/m1/s1. The van der Waals surface area contributed by atoms with E-state index in [2.05, 4.69) is 0 Å². The van der Waals surface area contributed by atoms with E-state index in [9.17, 15) is 35.7 Å². The molecule has 12 nitrogen and oxygen atoms in total. The minimum atomic E-state index is -1.78. The van der Waals surface area contributed by atoms with Gasteiger partial charge in [-0.15, -0.1) is 0 Å². The first-order chi connectivity index (χ1) is 13.7. The number of aliphatic hydroxyl groups excluding tert-OH is 6. The number of aliphatic hydroxyl groups is 6. The van der Waals surface area contributed by atoms with Gasteiger partial charge in [0, 0.05) is 0 Å². The number of hydrogen-bond donors (Lipinski definition) is 7. The molecule has 1 aromatic carbocycles. The number of aromatic hydroxyl groups is 1. The molecule has 1 aromatic rings. The Kier molecular flexibility index (Phi) is 6.90. The van der Waals surface area contributed by atoms with Crippen molar-refractivity contribution < 1.29 is 59.7 Å². The van der Waals surface area contributed by atoms with Crippen LogP contribution in [0.25, 0.3) is 0 Å². The minimum Gasteiger partial charge on any atom is -0.504 e. The van der Waals surface area contributed by atoms with Crippen LogP contribution in [-0.4, -0.2) is 97.3 Å². The molecular weight excluding hydrogens is 396 g/mol. The monoisotopic (exact) mass is 420 g/mol. The molecule has 2 aliphatic heterocycles. The Labute approximate surface area is 164 Å². The molecule has 29 heavy (non-hydrogen) atoms. The average molecular weight is 420 g/mol. The molecule has 0 unspecified atom stereocenters. The predicted octanol–water partition coefficient (Wildman–Crippen LogP) is -2.69. The highest BCUT2D eigenvalue weighted by atomic mass is 17.3. The minimum absolute atomic E-state index is 0.0585. The molecule has 3 rings (SSSR count). The molecule has 2 saturated heterocycles. The third kappa shape index (κ3) is 4.62. The van der Waals surface area contributed by atoms with Crippen molar-refractivity contribution in [1.29, 1.82) is 0 Å². The molecule has 0 aromatic heterocycles. The summed E-state index contributed by atoms with van der Waals surface area (Å²) in [6, 6.07) is 5.81. The van der Waals surface area contributed by atoms with Crippen LogP contribution < -0.4 is 4.74 Å². The van der Waals surface area contributed by atoms with Gasteiger partial charge in [0.2, 0.25) is 18.9 Å². The summed E-state index contributed by atoms with van der Waals surface area (Å²) in [6.07, 6.45) is -15.5. The lowest BCUT2D eigenvalue weighted by molar-refractivity contribution is -0.491. The Balaban J connectivity index is 1.64. The van der Waals surface area contributed by atoms with E-state index < -0.39 is 61.6 Å². The van der Waals surface area contributed by atoms with Crippen molar-refractivity contribution >= 4 is 0 Å². The van der Waals surface area contributed by atoms with Crippen molar-refractivity contribution in [2.24, 2.45) is 0 Å². The Morgan fingerprint density at radius 3 is 1.83 bits per heavy atom. The van der Waals surface area contributed by atoms with Gasteiger partial charge in [0.05, 0.1) is 6.10 Å². The fraction of sp³-hybridized carbons (Fsp3) is 0.647. The van der Waals surface area contributed by atoms with Gasteiger partial charge in [-0.25, -0.2) is 0 Å². The molecular formula is C17H24O12. The van der Waals surface area contributed by atoms with E-state index in [1.807, 2.05) is 0 Å². The van der Waals surface area contributed by atoms with Gasteiger partial charge >= 0.3 is 0 Å². The van der Waals surface area contributed by atoms with Crippen LogP contribution in [0.15, 0.2) is 24.3 Å². The largest absolute Gasteiger partial charge is 0.504 e. The van der Waals surface area contributed by atoms with Gasteiger partial charge in [-0.05, 0) is 19.1 Å². The highest BCUT2D eigenvalue weighted by molar-refractivity contribution is 5.38. The molecule has 164 valence electrons. The molecule has 10 atom stereocenters. The summed E-state index contributed by atoms with van der Waals surface area (Å²) in [6.45, 7) is 1.43. The van der Waals surface area contributed by atoms with Crippen molar-refractivity contribution in [2.75, 3.05) is 0 Å². The highest BCUT2D eigenvalue weighted by Crippen LogP contribution is 2.31. The van der Waals surface area contributed by atoms with Crippen LogP contribution in [0.3, 0.4) is 0 Å². The number of phenolic OH excluding ortho intramolecular Hbond substituents is 1. The first-order valence-electron chi connectivity index (χ1n) is 8.86. The van der Waals surface area contributed by atoms with Crippen LogP contribution in [0.1, 0.15) is 6.92 Å². The first-order valence-corrected chi connectivity index (χ1v) is 8.86. The van der Waals surface area contributed by atoms with Gasteiger partial charge in [-0.2, -0.15) is 9.78 Å². The third-order valence-electron chi connectivity index (χ3n) is 4.69. The van der Waals surface area contributed by atoms with Crippen LogP contribution in [0.4, 0.5) is 0 Å². The Morgan fingerprint density at radius 2 is 1.21 bits per heavy atom. The fourth-order valence-electron chi connectivity index (χ4n) is 2.88. The SMILES string of the molecule is C[C@H]1O[C@H](OO[C@H]2O[C@@H](Oc3ccccc3O)[C@H](O)[C@@H](O)[C@@H]2O)[C@@H](O)[C@@H](O)[C@@H]1O. The summed E-state index contributed by atoms with van der Waals surface area (Å²) >= 11 is 0. The lowest BCUT2D eigenvalue weighted by Gasteiger charge is -2.41. The van der Waals surface area contributed by atoms with Crippen LogP contribution in [0.5, 0.6) is 11.5 Å². The van der Waals surface area contributed by atoms with E-state index in [1.165, 1.54) is 19.1 Å². The smallest absolute Gasteiger partial charge is 0.231 e. The number of hydrogen-bond acceptors (Lipinski definition) is 12. The maximum Gasteiger partial charge on any atom is 0.231 e. The first kappa shape index (κ1) is 22.1. The van der Waals surface area contributed by atoms with Crippen LogP contribution in [-0.2, 0) is 19.2 Å². The van der Waals surface area contributed by atoms with Crippen molar-refractivity contribution in [3.63, 3.8) is 0 Å². The normalized spacial score (nSPS) is 43.1. The molecule has 2 aliphatic rings. The second-order valence-corrected chi connectivity index (χ2v) is 6.80. The van der Waals surface area contributed by atoms with Gasteiger partial charge in [0.25, 0.3) is 0 Å². The van der Waals surface area contributed by atoms with Crippen molar-refractivity contribution in [1.82, 2.24) is 0 Å². The molecule has 0 amide bonds. The van der Waals surface area contributed by atoms with Crippen molar-refractivity contribution in [3.8, 4) is 11.5 Å². The summed E-state index contributed by atoms with van der Waals surface area (Å²) in [5, 5.41) is 69.3. The summed E-state index contributed by atoms with van der Waals surface area (Å²) in [5.41, 5.74) is 0. The number of rotatable bonds is 5. The topological polar surface area (TPSA) is 188 Å². The van der Waals surface area contributed by atoms with E-state index in [0.717, 1.165) is 0 Å². The molecule has 0 saturated carbocycles. The predicted molar refractivity (Wildman–Crippen MR) is 89.9 cm³/mol.